The maximum Gasteiger partial charge on any atom is 0.136 e. The van der Waals surface area contributed by atoms with Crippen LogP contribution in [0, 0.1) is 6.92 Å². The summed E-state index contributed by atoms with van der Waals surface area (Å²) in [5.41, 5.74) is 11.7. The monoisotopic (exact) mass is 514 g/mol. The van der Waals surface area contributed by atoms with E-state index in [9.17, 15) is 0 Å². The summed E-state index contributed by atoms with van der Waals surface area (Å²) in [6.45, 7) is 2.10. The quantitative estimate of drug-likeness (QED) is 0.219. The third-order valence-electron chi connectivity index (χ3n) is 7.37. The molecule has 0 saturated heterocycles. The Balaban J connectivity index is 1.45. The Morgan fingerprint density at radius 2 is 1.18 bits per heavy atom. The van der Waals surface area contributed by atoms with Crippen molar-refractivity contribution in [2.45, 2.75) is 6.92 Å². The van der Waals surface area contributed by atoms with Gasteiger partial charge in [0.05, 0.1) is 11.4 Å². The largest absolute Gasteiger partial charge is 0.456 e. The van der Waals surface area contributed by atoms with Crippen molar-refractivity contribution >= 4 is 12.2 Å². The Kier molecular flexibility index (Phi) is 6.02. The Morgan fingerprint density at radius 1 is 0.500 bits per heavy atom. The van der Waals surface area contributed by atoms with E-state index < -0.39 is 0 Å². The maximum atomic E-state index is 6.62. The van der Waals surface area contributed by atoms with Crippen molar-refractivity contribution < 1.29 is 4.74 Å². The number of hydrogen-bond acceptors (Lipinski definition) is 3. The third-order valence-corrected chi connectivity index (χ3v) is 7.37. The number of ether oxygens (including phenoxy) is 1. The van der Waals surface area contributed by atoms with Gasteiger partial charge in [0, 0.05) is 34.6 Å². The number of aromatic nitrogens is 2. The maximum absolute atomic E-state index is 6.62. The van der Waals surface area contributed by atoms with Gasteiger partial charge in [-0.1, -0.05) is 91.0 Å². The van der Waals surface area contributed by atoms with E-state index in [1.54, 1.807) is 0 Å². The number of rotatable bonds is 4. The van der Waals surface area contributed by atoms with Crippen LogP contribution in [0.4, 0.5) is 0 Å². The molecule has 3 heterocycles. The number of benzene rings is 4. The van der Waals surface area contributed by atoms with Crippen molar-refractivity contribution in [2.75, 3.05) is 0 Å². The van der Waals surface area contributed by atoms with E-state index >= 15 is 0 Å². The van der Waals surface area contributed by atoms with Crippen LogP contribution in [0.5, 0.6) is 11.5 Å². The number of pyridine rings is 2. The minimum atomic E-state index is 0.823. The van der Waals surface area contributed by atoms with Crippen LogP contribution >= 0.6 is 0 Å². The molecule has 0 aliphatic carbocycles. The number of fused-ring (bicyclic) bond motifs is 5. The summed E-state index contributed by atoms with van der Waals surface area (Å²) in [6.07, 6.45) is 8.04. The predicted molar refractivity (Wildman–Crippen MR) is 164 cm³/mol. The minimum Gasteiger partial charge on any atom is -0.456 e. The average molecular weight is 515 g/mol. The van der Waals surface area contributed by atoms with Gasteiger partial charge < -0.3 is 4.74 Å². The average Bonchev–Trinajstić information content (AvgIpc) is 3.15. The Hall–Kier alpha value is -5.28. The van der Waals surface area contributed by atoms with E-state index in [4.69, 9.17) is 9.72 Å². The molecule has 0 saturated carbocycles. The van der Waals surface area contributed by atoms with Gasteiger partial charge in [-0.2, -0.15) is 0 Å². The second-order valence-corrected chi connectivity index (χ2v) is 9.88. The summed E-state index contributed by atoms with van der Waals surface area (Å²) in [5.74, 6) is 1.67. The number of hydrogen-bond donors (Lipinski definition) is 0. The van der Waals surface area contributed by atoms with Crippen LogP contribution in [-0.2, 0) is 0 Å². The summed E-state index contributed by atoms with van der Waals surface area (Å²) in [4.78, 5) is 9.38. The van der Waals surface area contributed by atoms with Crippen molar-refractivity contribution in [3.05, 3.63) is 144 Å². The highest BCUT2D eigenvalue weighted by atomic mass is 16.5. The van der Waals surface area contributed by atoms with Crippen LogP contribution in [0.3, 0.4) is 0 Å². The van der Waals surface area contributed by atoms with Crippen LogP contribution in [0.15, 0.2) is 128 Å². The van der Waals surface area contributed by atoms with Crippen molar-refractivity contribution in [1.82, 2.24) is 9.97 Å². The first kappa shape index (κ1) is 23.8. The van der Waals surface area contributed by atoms with Crippen LogP contribution in [0.25, 0.3) is 56.9 Å². The second kappa shape index (κ2) is 10.1. The van der Waals surface area contributed by atoms with Gasteiger partial charge in [0.15, 0.2) is 0 Å². The van der Waals surface area contributed by atoms with Gasteiger partial charge in [0.25, 0.3) is 0 Å². The first-order valence-corrected chi connectivity index (χ1v) is 13.4. The Labute approximate surface area is 234 Å². The molecule has 0 unspecified atom stereocenters. The summed E-state index contributed by atoms with van der Waals surface area (Å²) in [6, 6.07) is 39.6. The zero-order valence-electron chi connectivity index (χ0n) is 22.1. The predicted octanol–water partition coefficient (Wildman–Crippen LogP) is 9.73. The summed E-state index contributed by atoms with van der Waals surface area (Å²) in [7, 11) is 0. The molecule has 0 amide bonds. The first-order valence-electron chi connectivity index (χ1n) is 13.4. The van der Waals surface area contributed by atoms with Crippen molar-refractivity contribution in [3.63, 3.8) is 0 Å². The van der Waals surface area contributed by atoms with Gasteiger partial charge in [-0.05, 0) is 71.1 Å². The van der Waals surface area contributed by atoms with Gasteiger partial charge in [-0.25, -0.2) is 0 Å². The molecule has 3 nitrogen and oxygen atoms in total. The van der Waals surface area contributed by atoms with Crippen LogP contribution in [0.1, 0.15) is 16.7 Å². The van der Waals surface area contributed by atoms with E-state index in [0.29, 0.717) is 0 Å². The van der Waals surface area contributed by atoms with Crippen LogP contribution < -0.4 is 4.74 Å². The van der Waals surface area contributed by atoms with Gasteiger partial charge in [0.2, 0.25) is 0 Å². The van der Waals surface area contributed by atoms with E-state index in [-0.39, 0.29) is 0 Å². The molecule has 3 heteroatoms. The molecule has 7 rings (SSSR count). The second-order valence-electron chi connectivity index (χ2n) is 9.88. The van der Waals surface area contributed by atoms with E-state index in [1.165, 1.54) is 0 Å². The van der Waals surface area contributed by atoms with Crippen molar-refractivity contribution in [3.8, 4) is 56.3 Å². The third kappa shape index (κ3) is 4.28. The molecule has 1 aliphatic heterocycles. The molecular formula is C37H26N2O. The molecule has 1 aliphatic rings. The number of aryl methyl sites for hydroxylation is 1. The normalized spacial score (nSPS) is 11.7. The fourth-order valence-corrected chi connectivity index (χ4v) is 5.43. The van der Waals surface area contributed by atoms with E-state index in [2.05, 4.69) is 103 Å². The summed E-state index contributed by atoms with van der Waals surface area (Å²) in [5, 5.41) is 0. The van der Waals surface area contributed by atoms with E-state index in [1.807, 2.05) is 48.8 Å². The molecule has 190 valence electrons. The van der Waals surface area contributed by atoms with Crippen molar-refractivity contribution in [2.24, 2.45) is 0 Å². The zero-order chi connectivity index (χ0) is 26.9. The van der Waals surface area contributed by atoms with Gasteiger partial charge in [-0.15, -0.1) is 0 Å². The van der Waals surface area contributed by atoms with Crippen LogP contribution in [-0.4, -0.2) is 9.97 Å². The number of para-hydroxylation sites is 1. The molecule has 0 spiro atoms. The molecule has 0 fully saturated rings. The topological polar surface area (TPSA) is 35.0 Å². The highest BCUT2D eigenvalue weighted by Gasteiger charge is 2.22. The Morgan fingerprint density at radius 3 is 1.98 bits per heavy atom. The zero-order valence-corrected chi connectivity index (χ0v) is 22.1. The lowest BCUT2D eigenvalue weighted by molar-refractivity contribution is 0.488. The number of nitrogens with zero attached hydrogens (tertiary/aromatic N) is 2. The molecule has 2 aromatic heterocycles. The molecule has 40 heavy (non-hydrogen) atoms. The lowest BCUT2D eigenvalue weighted by Crippen LogP contribution is -1.94. The van der Waals surface area contributed by atoms with Crippen LogP contribution in [0.2, 0.25) is 0 Å². The highest BCUT2D eigenvalue weighted by Crippen LogP contribution is 2.48. The molecule has 0 radical (unpaired) electrons. The fourth-order valence-electron chi connectivity index (χ4n) is 5.43. The van der Waals surface area contributed by atoms with Gasteiger partial charge >= 0.3 is 0 Å². The lowest BCUT2D eigenvalue weighted by atomic mass is 9.90. The minimum absolute atomic E-state index is 0.823. The summed E-state index contributed by atoms with van der Waals surface area (Å²) >= 11 is 0. The lowest BCUT2D eigenvalue weighted by Gasteiger charge is -2.15. The SMILES string of the molecule is Cc1cccnc1-c1cc2c(cc1/C=C/c1ccccc1-c1ccccn1)-c1ccccc1-c1ccccc1O2. The molecule has 0 atom stereocenters. The van der Waals surface area contributed by atoms with Crippen molar-refractivity contribution in [1.29, 1.82) is 0 Å². The molecule has 6 aromatic rings. The fraction of sp³-hybridized carbons (Fsp3) is 0.0270. The summed E-state index contributed by atoms with van der Waals surface area (Å²) < 4.78 is 6.62. The Bertz CT molecular complexity index is 1890. The first-order chi connectivity index (χ1) is 19.8. The molecule has 0 N–H and O–H groups in total. The standard InChI is InChI=1S/C37H26N2O/c1-25-11-10-22-39-37(25)32-24-36-33(30-15-5-4-14-29(30)31-16-6-7-18-35(31)40-36)23-27(32)20-19-26-12-2-3-13-28(26)34-17-8-9-21-38-34/h2-24H,1H3/b20-19+. The highest BCUT2D eigenvalue weighted by molar-refractivity contribution is 5.94. The molecule has 0 bridgehead atoms. The van der Waals surface area contributed by atoms with Gasteiger partial charge in [0.1, 0.15) is 11.5 Å². The smallest absolute Gasteiger partial charge is 0.136 e. The molecular weight excluding hydrogens is 488 g/mol. The van der Waals surface area contributed by atoms with Gasteiger partial charge in [-0.3, -0.25) is 9.97 Å². The molecule has 4 aromatic carbocycles. The van der Waals surface area contributed by atoms with E-state index in [0.717, 1.165) is 73.0 Å².